The van der Waals surface area contributed by atoms with Crippen LogP contribution in [-0.4, -0.2) is 27.2 Å². The first-order chi connectivity index (χ1) is 9.08. The number of carbonyl (C=O) groups is 2. The topological polar surface area (TPSA) is 95.1 Å². The number of amides is 1. The van der Waals surface area contributed by atoms with E-state index in [4.69, 9.17) is 5.11 Å². The van der Waals surface area contributed by atoms with Gasteiger partial charge in [0.2, 0.25) is 5.91 Å². The van der Waals surface area contributed by atoms with Crippen LogP contribution in [0.25, 0.3) is 0 Å². The van der Waals surface area contributed by atoms with Crippen molar-refractivity contribution in [2.75, 3.05) is 5.32 Å². The van der Waals surface area contributed by atoms with Crippen molar-refractivity contribution in [1.82, 2.24) is 10.2 Å². The summed E-state index contributed by atoms with van der Waals surface area (Å²) in [5.41, 5.74) is 1.92. The lowest BCUT2D eigenvalue weighted by Gasteiger charge is -2.09. The lowest BCUT2D eigenvalue weighted by atomic mass is 10.1. The van der Waals surface area contributed by atoms with Crippen LogP contribution in [0.3, 0.4) is 0 Å². The monoisotopic (exact) mass is 259 g/mol. The second kappa shape index (κ2) is 5.34. The van der Waals surface area contributed by atoms with Gasteiger partial charge in [0.05, 0.1) is 12.0 Å². The summed E-state index contributed by atoms with van der Waals surface area (Å²) in [4.78, 5) is 22.8. The zero-order valence-corrected chi connectivity index (χ0v) is 10.3. The van der Waals surface area contributed by atoms with E-state index < -0.39 is 5.97 Å². The van der Waals surface area contributed by atoms with E-state index in [9.17, 15) is 9.59 Å². The summed E-state index contributed by atoms with van der Waals surface area (Å²) in [7, 11) is 0. The number of rotatable bonds is 4. The van der Waals surface area contributed by atoms with Gasteiger partial charge < -0.3 is 10.4 Å². The number of carboxylic acid groups (broad SMARTS) is 1. The van der Waals surface area contributed by atoms with Gasteiger partial charge in [0.1, 0.15) is 0 Å². The van der Waals surface area contributed by atoms with Crippen molar-refractivity contribution in [3.05, 3.63) is 47.3 Å². The number of aromatic amines is 1. The van der Waals surface area contributed by atoms with E-state index in [0.29, 0.717) is 16.9 Å². The van der Waals surface area contributed by atoms with Gasteiger partial charge in [-0.2, -0.15) is 5.10 Å². The maximum atomic E-state index is 11.8. The maximum absolute atomic E-state index is 11.8. The fourth-order valence-electron chi connectivity index (χ4n) is 1.75. The zero-order valence-electron chi connectivity index (χ0n) is 10.3. The molecule has 0 aliphatic rings. The van der Waals surface area contributed by atoms with Gasteiger partial charge in [0, 0.05) is 17.6 Å². The summed E-state index contributed by atoms with van der Waals surface area (Å²) < 4.78 is 0. The molecule has 6 heteroatoms. The molecule has 2 rings (SSSR count). The standard InChI is InChI=1S/C13H13N3O3/c1-8-10(13(18)19)3-2-4-11(8)15-12(17)7-9-5-6-14-16-9/h2-6H,7H2,1H3,(H,14,16)(H,15,17)(H,18,19). The molecule has 0 unspecified atom stereocenters. The Morgan fingerprint density at radius 3 is 2.79 bits per heavy atom. The van der Waals surface area contributed by atoms with Crippen molar-refractivity contribution in [1.29, 1.82) is 0 Å². The number of nitrogens with one attached hydrogen (secondary N) is 2. The molecule has 98 valence electrons. The normalized spacial score (nSPS) is 10.2. The Morgan fingerprint density at radius 1 is 1.37 bits per heavy atom. The molecule has 0 bridgehead atoms. The van der Waals surface area contributed by atoms with E-state index in [1.165, 1.54) is 6.07 Å². The third-order valence-electron chi connectivity index (χ3n) is 2.75. The molecule has 1 aromatic carbocycles. The highest BCUT2D eigenvalue weighted by Crippen LogP contribution is 2.19. The molecule has 6 nitrogen and oxygen atoms in total. The van der Waals surface area contributed by atoms with Crippen LogP contribution in [-0.2, 0) is 11.2 Å². The third kappa shape index (κ3) is 2.98. The number of hydrogen-bond donors (Lipinski definition) is 3. The molecule has 0 radical (unpaired) electrons. The number of H-pyrrole nitrogens is 1. The molecule has 0 aliphatic heterocycles. The number of benzene rings is 1. The van der Waals surface area contributed by atoms with Crippen LogP contribution in [0.5, 0.6) is 0 Å². The lowest BCUT2D eigenvalue weighted by Crippen LogP contribution is -2.16. The van der Waals surface area contributed by atoms with Crippen LogP contribution in [0.4, 0.5) is 5.69 Å². The van der Waals surface area contributed by atoms with Crippen LogP contribution in [0.2, 0.25) is 0 Å². The van der Waals surface area contributed by atoms with E-state index in [2.05, 4.69) is 15.5 Å². The molecular weight excluding hydrogens is 246 g/mol. The van der Waals surface area contributed by atoms with Crippen molar-refractivity contribution in [3.8, 4) is 0 Å². The van der Waals surface area contributed by atoms with Crippen LogP contribution in [0, 0.1) is 6.92 Å². The summed E-state index contributed by atoms with van der Waals surface area (Å²) in [5, 5.41) is 18.1. The van der Waals surface area contributed by atoms with Gasteiger partial charge in [-0.05, 0) is 30.7 Å². The first-order valence-corrected chi connectivity index (χ1v) is 5.69. The van der Waals surface area contributed by atoms with Gasteiger partial charge in [0.15, 0.2) is 0 Å². The number of carbonyl (C=O) groups excluding carboxylic acids is 1. The first kappa shape index (κ1) is 12.8. The molecule has 1 heterocycles. The van der Waals surface area contributed by atoms with Crippen LogP contribution >= 0.6 is 0 Å². The Bertz CT molecular complexity index is 606. The second-order valence-corrected chi connectivity index (χ2v) is 4.09. The van der Waals surface area contributed by atoms with Gasteiger partial charge in [0.25, 0.3) is 0 Å². The number of anilines is 1. The second-order valence-electron chi connectivity index (χ2n) is 4.09. The molecule has 3 N–H and O–H groups in total. The van der Waals surface area contributed by atoms with Crippen LogP contribution in [0.1, 0.15) is 21.6 Å². The van der Waals surface area contributed by atoms with Gasteiger partial charge in [-0.25, -0.2) is 4.79 Å². The molecule has 0 atom stereocenters. The summed E-state index contributed by atoms with van der Waals surface area (Å²) in [6.45, 7) is 1.66. The molecule has 1 amide bonds. The van der Waals surface area contributed by atoms with E-state index in [-0.39, 0.29) is 17.9 Å². The molecule has 0 spiro atoms. The van der Waals surface area contributed by atoms with Crippen molar-refractivity contribution in [2.24, 2.45) is 0 Å². The van der Waals surface area contributed by atoms with Gasteiger partial charge in [-0.3, -0.25) is 9.89 Å². The van der Waals surface area contributed by atoms with Crippen LogP contribution < -0.4 is 5.32 Å². The molecule has 19 heavy (non-hydrogen) atoms. The average Bonchev–Trinajstić information content (AvgIpc) is 2.84. The SMILES string of the molecule is Cc1c(NC(=O)Cc2ccn[nH]2)cccc1C(=O)O. The summed E-state index contributed by atoms with van der Waals surface area (Å²) >= 11 is 0. The fourth-order valence-corrected chi connectivity index (χ4v) is 1.75. The van der Waals surface area contributed by atoms with E-state index in [0.717, 1.165) is 0 Å². The largest absolute Gasteiger partial charge is 0.478 e. The first-order valence-electron chi connectivity index (χ1n) is 5.69. The molecule has 0 fully saturated rings. The molecule has 0 saturated heterocycles. The van der Waals surface area contributed by atoms with Crippen molar-refractivity contribution in [2.45, 2.75) is 13.3 Å². The van der Waals surface area contributed by atoms with E-state index in [1.54, 1.807) is 31.3 Å². The molecule has 0 aliphatic carbocycles. The Morgan fingerprint density at radius 2 is 2.16 bits per heavy atom. The van der Waals surface area contributed by atoms with Crippen molar-refractivity contribution in [3.63, 3.8) is 0 Å². The van der Waals surface area contributed by atoms with Crippen LogP contribution in [0.15, 0.2) is 30.5 Å². The quantitative estimate of drug-likeness (QED) is 0.777. The van der Waals surface area contributed by atoms with Crippen molar-refractivity contribution >= 4 is 17.6 Å². The number of carboxylic acids is 1. The molecule has 1 aromatic heterocycles. The van der Waals surface area contributed by atoms with Gasteiger partial charge in [-0.1, -0.05) is 6.07 Å². The highest BCUT2D eigenvalue weighted by molar-refractivity contribution is 5.96. The van der Waals surface area contributed by atoms with E-state index in [1.807, 2.05) is 0 Å². The summed E-state index contributed by atoms with van der Waals surface area (Å²) in [5.74, 6) is -1.24. The predicted molar refractivity (Wildman–Crippen MR) is 69.1 cm³/mol. The highest BCUT2D eigenvalue weighted by Gasteiger charge is 2.12. The average molecular weight is 259 g/mol. The number of aromatic carboxylic acids is 1. The molecular formula is C13H13N3O3. The Kier molecular flexibility index (Phi) is 3.61. The fraction of sp³-hybridized carbons (Fsp3) is 0.154. The number of aromatic nitrogens is 2. The van der Waals surface area contributed by atoms with Crippen molar-refractivity contribution < 1.29 is 14.7 Å². The molecule has 0 saturated carbocycles. The van der Waals surface area contributed by atoms with Gasteiger partial charge >= 0.3 is 5.97 Å². The highest BCUT2D eigenvalue weighted by atomic mass is 16.4. The zero-order chi connectivity index (χ0) is 13.8. The summed E-state index contributed by atoms with van der Waals surface area (Å²) in [6, 6.07) is 6.48. The third-order valence-corrected chi connectivity index (χ3v) is 2.75. The Hall–Kier alpha value is -2.63. The van der Waals surface area contributed by atoms with Gasteiger partial charge in [-0.15, -0.1) is 0 Å². The summed E-state index contributed by atoms with van der Waals surface area (Å²) in [6.07, 6.45) is 1.73. The molecule has 2 aromatic rings. The number of hydrogen-bond acceptors (Lipinski definition) is 3. The minimum atomic E-state index is -1.01. The van der Waals surface area contributed by atoms with E-state index >= 15 is 0 Å². The minimum absolute atomic E-state index is 0.163. The maximum Gasteiger partial charge on any atom is 0.336 e. The number of nitrogens with zero attached hydrogens (tertiary/aromatic N) is 1. The predicted octanol–water partition coefficient (Wildman–Crippen LogP) is 1.60. The smallest absolute Gasteiger partial charge is 0.336 e. The Labute approximate surface area is 109 Å². The minimum Gasteiger partial charge on any atom is -0.478 e. The Balaban J connectivity index is 2.13. The lowest BCUT2D eigenvalue weighted by molar-refractivity contribution is -0.115.